The van der Waals surface area contributed by atoms with Crippen molar-refractivity contribution >= 4 is 16.7 Å². The average molecular weight is 269 g/mol. The zero-order chi connectivity index (χ0) is 12.4. The largest absolute Gasteiger partial charge is 0.381 e. The average Bonchev–Trinajstić information content (AvgIpc) is 3.06. The van der Waals surface area contributed by atoms with Crippen LogP contribution in [0.5, 0.6) is 0 Å². The van der Waals surface area contributed by atoms with Gasteiger partial charge in [-0.15, -0.1) is 0 Å². The maximum absolute atomic E-state index is 5.96. The van der Waals surface area contributed by atoms with E-state index in [1.807, 2.05) is 6.92 Å². The van der Waals surface area contributed by atoms with Crippen LogP contribution in [0.4, 0.5) is 5.13 Å². The number of hydrogen-bond acceptors (Lipinski definition) is 6. The summed E-state index contributed by atoms with van der Waals surface area (Å²) in [5.74, 6) is 0.834. The summed E-state index contributed by atoms with van der Waals surface area (Å²) in [6.07, 6.45) is 4.19. The second kappa shape index (κ2) is 5.11. The third kappa shape index (κ3) is 2.50. The van der Waals surface area contributed by atoms with E-state index in [-0.39, 0.29) is 5.60 Å². The Hall–Kier alpha value is -0.720. The molecular weight excluding hydrogens is 250 g/mol. The Balaban J connectivity index is 1.77. The zero-order valence-electron chi connectivity index (χ0n) is 10.6. The highest BCUT2D eigenvalue weighted by Crippen LogP contribution is 2.36. The molecule has 0 spiro atoms. The van der Waals surface area contributed by atoms with Crippen LogP contribution < -0.4 is 5.32 Å². The monoisotopic (exact) mass is 269 g/mol. The molecule has 0 amide bonds. The van der Waals surface area contributed by atoms with Crippen molar-refractivity contribution in [3.63, 3.8) is 0 Å². The molecule has 1 aromatic heterocycles. The number of ether oxygens (including phenoxy) is 2. The van der Waals surface area contributed by atoms with Crippen molar-refractivity contribution in [2.24, 2.45) is 0 Å². The van der Waals surface area contributed by atoms with Crippen molar-refractivity contribution < 1.29 is 9.47 Å². The predicted molar refractivity (Wildman–Crippen MR) is 69.9 cm³/mol. The molecule has 1 aromatic rings. The number of nitrogens with zero attached hydrogens (tertiary/aromatic N) is 2. The van der Waals surface area contributed by atoms with Crippen LogP contribution in [0.25, 0.3) is 0 Å². The number of anilines is 1. The first-order valence-electron chi connectivity index (χ1n) is 6.65. The van der Waals surface area contributed by atoms with E-state index in [9.17, 15) is 0 Å². The number of hydrogen-bond donors (Lipinski definition) is 1. The van der Waals surface area contributed by atoms with E-state index in [0.717, 1.165) is 37.0 Å². The van der Waals surface area contributed by atoms with Crippen LogP contribution in [0, 0.1) is 0 Å². The summed E-state index contributed by atoms with van der Waals surface area (Å²) in [5, 5.41) is 4.32. The summed E-state index contributed by atoms with van der Waals surface area (Å²) in [4.78, 5) is 4.62. The van der Waals surface area contributed by atoms with Gasteiger partial charge in [-0.2, -0.15) is 4.37 Å². The lowest BCUT2D eigenvalue weighted by Gasteiger charge is -2.34. The Morgan fingerprint density at radius 3 is 2.89 bits per heavy atom. The predicted octanol–water partition coefficient (Wildman–Crippen LogP) is 2.15. The van der Waals surface area contributed by atoms with Gasteiger partial charge in [0.05, 0.1) is 0 Å². The van der Waals surface area contributed by atoms with Crippen molar-refractivity contribution in [1.29, 1.82) is 0 Å². The molecule has 6 heteroatoms. The Labute approximate surface area is 111 Å². The summed E-state index contributed by atoms with van der Waals surface area (Å²) in [6, 6.07) is 0.614. The second-order valence-corrected chi connectivity index (χ2v) is 5.63. The highest BCUT2D eigenvalue weighted by atomic mass is 32.1. The van der Waals surface area contributed by atoms with Crippen LogP contribution in [0.15, 0.2) is 0 Å². The first-order chi connectivity index (χ1) is 8.82. The van der Waals surface area contributed by atoms with E-state index < -0.39 is 0 Å². The standard InChI is InChI=1S/C12H19N3O2S/c1-2-17-12(5-7-16-8-6-12)10-14-11(18-15-10)13-9-3-4-9/h9H,2-8H2,1H3,(H,13,14,15). The second-order valence-electron chi connectivity index (χ2n) is 4.88. The Morgan fingerprint density at radius 2 is 2.22 bits per heavy atom. The summed E-state index contributed by atoms with van der Waals surface area (Å²) in [7, 11) is 0. The van der Waals surface area contributed by atoms with Crippen molar-refractivity contribution in [2.75, 3.05) is 25.1 Å². The van der Waals surface area contributed by atoms with E-state index in [0.29, 0.717) is 12.6 Å². The van der Waals surface area contributed by atoms with Crippen molar-refractivity contribution in [2.45, 2.75) is 44.2 Å². The number of aromatic nitrogens is 2. The fourth-order valence-corrected chi connectivity index (χ4v) is 3.01. The maximum Gasteiger partial charge on any atom is 0.202 e. The molecule has 1 aliphatic carbocycles. The van der Waals surface area contributed by atoms with Gasteiger partial charge in [0.15, 0.2) is 5.82 Å². The molecule has 0 radical (unpaired) electrons. The van der Waals surface area contributed by atoms with Gasteiger partial charge in [0.2, 0.25) is 5.13 Å². The van der Waals surface area contributed by atoms with Gasteiger partial charge in [0, 0.05) is 50.2 Å². The molecule has 1 saturated heterocycles. The highest BCUT2D eigenvalue weighted by Gasteiger charge is 2.39. The van der Waals surface area contributed by atoms with E-state index >= 15 is 0 Å². The molecule has 0 atom stereocenters. The first kappa shape index (κ1) is 12.3. The molecule has 5 nitrogen and oxygen atoms in total. The number of nitrogens with one attached hydrogen (secondary N) is 1. The van der Waals surface area contributed by atoms with Crippen LogP contribution in [-0.4, -0.2) is 35.2 Å². The van der Waals surface area contributed by atoms with Crippen LogP contribution in [0.1, 0.15) is 38.4 Å². The van der Waals surface area contributed by atoms with Gasteiger partial charge < -0.3 is 14.8 Å². The first-order valence-corrected chi connectivity index (χ1v) is 7.42. The van der Waals surface area contributed by atoms with E-state index in [4.69, 9.17) is 9.47 Å². The molecular formula is C12H19N3O2S. The Kier molecular flexibility index (Phi) is 3.50. The van der Waals surface area contributed by atoms with Gasteiger partial charge in [-0.1, -0.05) is 0 Å². The van der Waals surface area contributed by atoms with Gasteiger partial charge >= 0.3 is 0 Å². The lowest BCUT2D eigenvalue weighted by atomic mass is 9.93. The molecule has 2 fully saturated rings. The summed E-state index contributed by atoms with van der Waals surface area (Å²) < 4.78 is 15.9. The fourth-order valence-electron chi connectivity index (χ4n) is 2.28. The topological polar surface area (TPSA) is 56.3 Å². The van der Waals surface area contributed by atoms with Crippen LogP contribution >= 0.6 is 11.5 Å². The smallest absolute Gasteiger partial charge is 0.202 e. The molecule has 0 aromatic carbocycles. The lowest BCUT2D eigenvalue weighted by molar-refractivity contribution is -0.117. The van der Waals surface area contributed by atoms with Crippen LogP contribution in [-0.2, 0) is 15.1 Å². The van der Waals surface area contributed by atoms with E-state index in [2.05, 4.69) is 14.7 Å². The van der Waals surface area contributed by atoms with Gasteiger partial charge in [-0.05, 0) is 19.8 Å². The van der Waals surface area contributed by atoms with E-state index in [1.54, 1.807) is 0 Å². The Bertz CT molecular complexity index is 394. The quantitative estimate of drug-likeness (QED) is 0.887. The minimum atomic E-state index is -0.326. The third-order valence-corrected chi connectivity index (χ3v) is 4.11. The normalized spacial score (nSPS) is 22.9. The van der Waals surface area contributed by atoms with Gasteiger partial charge in [0.25, 0.3) is 0 Å². The SMILES string of the molecule is CCOC1(c2nsc(NC3CC3)n2)CCOCC1. The van der Waals surface area contributed by atoms with Crippen molar-refractivity contribution in [3.8, 4) is 0 Å². The molecule has 1 N–H and O–H groups in total. The summed E-state index contributed by atoms with van der Waals surface area (Å²) in [5.41, 5.74) is -0.326. The minimum Gasteiger partial charge on any atom is -0.381 e. The minimum absolute atomic E-state index is 0.326. The lowest BCUT2D eigenvalue weighted by Crippen LogP contribution is -2.37. The van der Waals surface area contributed by atoms with Crippen LogP contribution in [0.3, 0.4) is 0 Å². The highest BCUT2D eigenvalue weighted by molar-refractivity contribution is 7.09. The number of rotatable bonds is 5. The van der Waals surface area contributed by atoms with Crippen LogP contribution in [0.2, 0.25) is 0 Å². The molecule has 18 heavy (non-hydrogen) atoms. The molecule has 1 aliphatic heterocycles. The molecule has 2 aliphatic rings. The van der Waals surface area contributed by atoms with Crippen molar-refractivity contribution in [3.05, 3.63) is 5.82 Å². The molecule has 0 bridgehead atoms. The summed E-state index contributed by atoms with van der Waals surface area (Å²) in [6.45, 7) is 4.16. The maximum atomic E-state index is 5.96. The van der Waals surface area contributed by atoms with Crippen molar-refractivity contribution in [1.82, 2.24) is 9.36 Å². The third-order valence-electron chi connectivity index (χ3n) is 3.46. The molecule has 3 rings (SSSR count). The van der Waals surface area contributed by atoms with Gasteiger partial charge in [0.1, 0.15) is 5.60 Å². The summed E-state index contributed by atoms with van der Waals surface area (Å²) >= 11 is 1.44. The molecule has 2 heterocycles. The molecule has 0 unspecified atom stereocenters. The van der Waals surface area contributed by atoms with E-state index in [1.165, 1.54) is 24.4 Å². The fraction of sp³-hybridized carbons (Fsp3) is 0.833. The van der Waals surface area contributed by atoms with Gasteiger partial charge in [-0.25, -0.2) is 4.98 Å². The molecule has 100 valence electrons. The van der Waals surface area contributed by atoms with Gasteiger partial charge in [-0.3, -0.25) is 0 Å². The molecule has 1 saturated carbocycles. The zero-order valence-corrected chi connectivity index (χ0v) is 11.5. The Morgan fingerprint density at radius 1 is 1.44 bits per heavy atom.